The van der Waals surface area contributed by atoms with E-state index in [1.807, 2.05) is 0 Å². The predicted octanol–water partition coefficient (Wildman–Crippen LogP) is 2.25. The third kappa shape index (κ3) is 2.94. The molecule has 15 heavy (non-hydrogen) atoms. The molecule has 2 aliphatic rings. The fourth-order valence-corrected chi connectivity index (χ4v) is 3.09. The normalized spacial score (nSPS) is 35.6. The van der Waals surface area contributed by atoms with Gasteiger partial charge >= 0.3 is 0 Å². The Labute approximate surface area is 94.4 Å². The van der Waals surface area contributed by atoms with E-state index in [1.165, 1.54) is 51.7 Å². The topological polar surface area (TPSA) is 15.3 Å². The van der Waals surface area contributed by atoms with Crippen molar-refractivity contribution >= 4 is 0 Å². The highest BCUT2D eigenvalue weighted by molar-refractivity contribution is 4.85. The molecule has 1 aliphatic carbocycles. The van der Waals surface area contributed by atoms with Crippen molar-refractivity contribution < 1.29 is 0 Å². The average molecular weight is 210 g/mol. The monoisotopic (exact) mass is 210 g/mol. The number of nitrogens with one attached hydrogen (secondary N) is 1. The van der Waals surface area contributed by atoms with Crippen LogP contribution in [0, 0.1) is 5.92 Å². The van der Waals surface area contributed by atoms with Gasteiger partial charge in [0.1, 0.15) is 0 Å². The van der Waals surface area contributed by atoms with Crippen molar-refractivity contribution in [3.8, 4) is 0 Å². The number of nitrogens with zero attached hydrogens (tertiary/aromatic N) is 1. The molecule has 1 aliphatic heterocycles. The molecule has 2 fully saturated rings. The Kier molecular flexibility index (Phi) is 4.04. The van der Waals surface area contributed by atoms with Gasteiger partial charge in [0.25, 0.3) is 0 Å². The van der Waals surface area contributed by atoms with Gasteiger partial charge in [-0.15, -0.1) is 0 Å². The minimum atomic E-state index is 0.669. The van der Waals surface area contributed by atoms with Crippen molar-refractivity contribution in [1.29, 1.82) is 0 Å². The lowest BCUT2D eigenvalue weighted by Crippen LogP contribution is -2.56. The molecule has 0 spiro atoms. The van der Waals surface area contributed by atoms with Crippen LogP contribution in [0.25, 0.3) is 0 Å². The molecular formula is C13H26N2. The molecule has 88 valence electrons. The van der Waals surface area contributed by atoms with E-state index in [0.29, 0.717) is 6.04 Å². The molecule has 1 saturated heterocycles. The Bertz CT molecular complexity index is 187. The van der Waals surface area contributed by atoms with Crippen LogP contribution in [0.4, 0.5) is 0 Å². The standard InChI is InChI=1S/C13H26N2/c1-11-12(2)15(9-8-14-11)10-13-6-4-3-5-7-13/h11-14H,3-10H2,1-2H3. The molecule has 2 nitrogen and oxygen atoms in total. The quantitative estimate of drug-likeness (QED) is 0.752. The van der Waals surface area contributed by atoms with Gasteiger partial charge in [0.2, 0.25) is 0 Å². The van der Waals surface area contributed by atoms with E-state index in [-0.39, 0.29) is 0 Å². The Morgan fingerprint density at radius 1 is 1.13 bits per heavy atom. The Hall–Kier alpha value is -0.0800. The summed E-state index contributed by atoms with van der Waals surface area (Å²) in [5.41, 5.74) is 0. The molecule has 2 unspecified atom stereocenters. The highest BCUT2D eigenvalue weighted by atomic mass is 15.2. The molecule has 2 rings (SSSR count). The van der Waals surface area contributed by atoms with Crippen molar-refractivity contribution in [2.45, 2.75) is 58.0 Å². The zero-order valence-electron chi connectivity index (χ0n) is 10.3. The second kappa shape index (κ2) is 5.31. The summed E-state index contributed by atoms with van der Waals surface area (Å²) in [6.07, 6.45) is 7.38. The van der Waals surface area contributed by atoms with Crippen LogP contribution in [0.2, 0.25) is 0 Å². The summed E-state index contributed by atoms with van der Waals surface area (Å²) in [4.78, 5) is 2.71. The van der Waals surface area contributed by atoms with Crippen LogP contribution in [-0.2, 0) is 0 Å². The third-order valence-corrected chi connectivity index (χ3v) is 4.38. The van der Waals surface area contributed by atoms with Crippen LogP contribution in [0.5, 0.6) is 0 Å². The lowest BCUT2D eigenvalue weighted by atomic mass is 9.88. The first kappa shape index (κ1) is 11.4. The van der Waals surface area contributed by atoms with Crippen LogP contribution < -0.4 is 5.32 Å². The fraction of sp³-hybridized carbons (Fsp3) is 1.00. The van der Waals surface area contributed by atoms with Crippen molar-refractivity contribution in [3.63, 3.8) is 0 Å². The van der Waals surface area contributed by atoms with Crippen molar-refractivity contribution in [2.24, 2.45) is 5.92 Å². The van der Waals surface area contributed by atoms with E-state index < -0.39 is 0 Å². The number of hydrogen-bond acceptors (Lipinski definition) is 2. The second-order valence-corrected chi connectivity index (χ2v) is 5.48. The molecule has 0 aromatic heterocycles. The molecule has 2 heteroatoms. The molecule has 0 aromatic carbocycles. The van der Waals surface area contributed by atoms with Gasteiger partial charge in [0, 0.05) is 31.7 Å². The minimum Gasteiger partial charge on any atom is -0.311 e. The second-order valence-electron chi connectivity index (χ2n) is 5.48. The molecule has 1 heterocycles. The third-order valence-electron chi connectivity index (χ3n) is 4.38. The van der Waals surface area contributed by atoms with Gasteiger partial charge in [-0.25, -0.2) is 0 Å². The zero-order valence-corrected chi connectivity index (χ0v) is 10.3. The Morgan fingerprint density at radius 3 is 2.60 bits per heavy atom. The van der Waals surface area contributed by atoms with Gasteiger partial charge in [0.15, 0.2) is 0 Å². The van der Waals surface area contributed by atoms with Gasteiger partial charge in [-0.05, 0) is 32.6 Å². The van der Waals surface area contributed by atoms with Crippen LogP contribution in [0.1, 0.15) is 46.0 Å². The fourth-order valence-electron chi connectivity index (χ4n) is 3.09. The van der Waals surface area contributed by atoms with E-state index in [9.17, 15) is 0 Å². The average Bonchev–Trinajstić information content (AvgIpc) is 2.26. The smallest absolute Gasteiger partial charge is 0.0219 e. The Morgan fingerprint density at radius 2 is 1.87 bits per heavy atom. The van der Waals surface area contributed by atoms with Crippen LogP contribution in [-0.4, -0.2) is 36.6 Å². The molecular weight excluding hydrogens is 184 g/mol. The van der Waals surface area contributed by atoms with Gasteiger partial charge < -0.3 is 5.32 Å². The van der Waals surface area contributed by atoms with E-state index in [1.54, 1.807) is 0 Å². The summed E-state index contributed by atoms with van der Waals surface area (Å²) in [7, 11) is 0. The zero-order chi connectivity index (χ0) is 10.7. The van der Waals surface area contributed by atoms with Crippen molar-refractivity contribution in [2.75, 3.05) is 19.6 Å². The Balaban J connectivity index is 1.81. The summed E-state index contributed by atoms with van der Waals surface area (Å²) in [6.45, 7) is 8.48. The number of rotatable bonds is 2. The first-order valence-corrected chi connectivity index (χ1v) is 6.75. The number of hydrogen-bond donors (Lipinski definition) is 1. The maximum absolute atomic E-state index is 3.56. The van der Waals surface area contributed by atoms with Crippen LogP contribution >= 0.6 is 0 Å². The van der Waals surface area contributed by atoms with Crippen LogP contribution in [0.3, 0.4) is 0 Å². The summed E-state index contributed by atoms with van der Waals surface area (Å²) < 4.78 is 0. The largest absolute Gasteiger partial charge is 0.311 e. The van der Waals surface area contributed by atoms with E-state index in [4.69, 9.17) is 0 Å². The van der Waals surface area contributed by atoms with Gasteiger partial charge in [-0.3, -0.25) is 4.90 Å². The van der Waals surface area contributed by atoms with Crippen molar-refractivity contribution in [3.05, 3.63) is 0 Å². The van der Waals surface area contributed by atoms with Gasteiger partial charge in [0.05, 0.1) is 0 Å². The molecule has 0 bridgehead atoms. The molecule has 1 saturated carbocycles. The maximum Gasteiger partial charge on any atom is 0.0219 e. The van der Waals surface area contributed by atoms with Crippen LogP contribution in [0.15, 0.2) is 0 Å². The van der Waals surface area contributed by atoms with E-state index in [2.05, 4.69) is 24.1 Å². The first-order valence-electron chi connectivity index (χ1n) is 6.75. The molecule has 1 N–H and O–H groups in total. The van der Waals surface area contributed by atoms with E-state index in [0.717, 1.165) is 12.0 Å². The number of piperazine rings is 1. The SMILES string of the molecule is CC1NCCN(CC2CCCCC2)C1C. The van der Waals surface area contributed by atoms with E-state index >= 15 is 0 Å². The molecule has 0 amide bonds. The molecule has 0 radical (unpaired) electrons. The maximum atomic E-state index is 3.56. The predicted molar refractivity (Wildman–Crippen MR) is 65.1 cm³/mol. The summed E-state index contributed by atoms with van der Waals surface area (Å²) in [6, 6.07) is 1.39. The summed E-state index contributed by atoms with van der Waals surface area (Å²) in [5.74, 6) is 0.992. The minimum absolute atomic E-state index is 0.669. The van der Waals surface area contributed by atoms with Gasteiger partial charge in [-0.1, -0.05) is 19.3 Å². The highest BCUT2D eigenvalue weighted by Crippen LogP contribution is 2.25. The summed E-state index contributed by atoms with van der Waals surface area (Å²) >= 11 is 0. The lowest BCUT2D eigenvalue weighted by molar-refractivity contribution is 0.107. The lowest BCUT2D eigenvalue weighted by Gasteiger charge is -2.41. The molecule has 2 atom stereocenters. The molecule has 0 aromatic rings. The van der Waals surface area contributed by atoms with Crippen molar-refractivity contribution in [1.82, 2.24) is 10.2 Å². The highest BCUT2D eigenvalue weighted by Gasteiger charge is 2.26. The van der Waals surface area contributed by atoms with Gasteiger partial charge in [-0.2, -0.15) is 0 Å². The summed E-state index contributed by atoms with van der Waals surface area (Å²) in [5, 5.41) is 3.56. The first-order chi connectivity index (χ1) is 7.27.